The maximum atomic E-state index is 13.0. The van der Waals surface area contributed by atoms with E-state index in [1.165, 1.54) is 6.07 Å². The molecule has 0 radical (unpaired) electrons. The number of nitrogens with one attached hydrogen (secondary N) is 1. The average molecular weight is 271 g/mol. The van der Waals surface area contributed by atoms with Gasteiger partial charge in [0.2, 0.25) is 5.91 Å². The minimum Gasteiger partial charge on any atom is -0.391 e. The first-order chi connectivity index (χ1) is 8.70. The van der Waals surface area contributed by atoms with Crippen LogP contribution in [0.2, 0.25) is 0 Å². The predicted octanol–water partition coefficient (Wildman–Crippen LogP) is 2.03. The van der Waals surface area contributed by atoms with Crippen LogP contribution in [0.15, 0.2) is 18.2 Å². The Balaban J connectivity index is 2.49. The molecule has 5 heteroatoms. The van der Waals surface area contributed by atoms with Crippen molar-refractivity contribution in [1.29, 1.82) is 0 Å². The summed E-state index contributed by atoms with van der Waals surface area (Å²) in [5.74, 6) is -2.25. The van der Waals surface area contributed by atoms with E-state index in [1.807, 2.05) is 20.8 Å². The lowest BCUT2D eigenvalue weighted by molar-refractivity contribution is -0.121. The number of carbonyl (C=O) groups is 1. The van der Waals surface area contributed by atoms with Crippen molar-refractivity contribution in [3.63, 3.8) is 0 Å². The standard InChI is InChI=1S/C14H19F2NO2/c1-14(2,3)12(18)8-17-13(19)7-9-4-5-10(15)11(16)6-9/h4-6,12,18H,7-8H2,1-3H3,(H,17,19). The van der Waals surface area contributed by atoms with Crippen molar-refractivity contribution in [2.24, 2.45) is 5.41 Å². The van der Waals surface area contributed by atoms with Crippen LogP contribution in [0.5, 0.6) is 0 Å². The largest absolute Gasteiger partial charge is 0.391 e. The average Bonchev–Trinajstić information content (AvgIpc) is 2.29. The van der Waals surface area contributed by atoms with Gasteiger partial charge in [-0.05, 0) is 23.1 Å². The zero-order chi connectivity index (χ0) is 14.6. The fraction of sp³-hybridized carbons (Fsp3) is 0.500. The normalized spacial score (nSPS) is 13.2. The summed E-state index contributed by atoms with van der Waals surface area (Å²) in [4.78, 5) is 11.6. The molecule has 0 bridgehead atoms. The van der Waals surface area contributed by atoms with Crippen molar-refractivity contribution in [3.05, 3.63) is 35.4 Å². The van der Waals surface area contributed by atoms with Gasteiger partial charge < -0.3 is 10.4 Å². The lowest BCUT2D eigenvalue weighted by Gasteiger charge is -2.25. The van der Waals surface area contributed by atoms with Gasteiger partial charge >= 0.3 is 0 Å². The Labute approximate surface area is 111 Å². The second kappa shape index (κ2) is 6.10. The van der Waals surface area contributed by atoms with Gasteiger partial charge in [0.05, 0.1) is 12.5 Å². The number of aliphatic hydroxyl groups is 1. The van der Waals surface area contributed by atoms with E-state index in [2.05, 4.69) is 5.32 Å². The number of hydrogen-bond acceptors (Lipinski definition) is 2. The summed E-state index contributed by atoms with van der Waals surface area (Å²) in [5, 5.41) is 12.3. The lowest BCUT2D eigenvalue weighted by Crippen LogP contribution is -2.39. The van der Waals surface area contributed by atoms with Gasteiger partial charge in [-0.25, -0.2) is 8.78 Å². The van der Waals surface area contributed by atoms with Gasteiger partial charge in [-0.1, -0.05) is 26.8 Å². The highest BCUT2D eigenvalue weighted by Gasteiger charge is 2.22. The molecule has 0 aromatic heterocycles. The topological polar surface area (TPSA) is 49.3 Å². The quantitative estimate of drug-likeness (QED) is 0.880. The predicted molar refractivity (Wildman–Crippen MR) is 68.5 cm³/mol. The van der Waals surface area contributed by atoms with Gasteiger partial charge in [-0.2, -0.15) is 0 Å². The molecular formula is C14H19F2NO2. The maximum Gasteiger partial charge on any atom is 0.224 e. The Morgan fingerprint density at radius 2 is 1.95 bits per heavy atom. The van der Waals surface area contributed by atoms with E-state index >= 15 is 0 Å². The number of benzene rings is 1. The molecule has 0 aliphatic carbocycles. The van der Waals surface area contributed by atoms with Crippen LogP contribution in [0, 0.1) is 17.0 Å². The van der Waals surface area contributed by atoms with Crippen LogP contribution in [-0.2, 0) is 11.2 Å². The molecule has 1 rings (SSSR count). The second-order valence-electron chi connectivity index (χ2n) is 5.61. The highest BCUT2D eigenvalue weighted by atomic mass is 19.2. The van der Waals surface area contributed by atoms with Gasteiger partial charge in [-0.15, -0.1) is 0 Å². The summed E-state index contributed by atoms with van der Waals surface area (Å²) in [5.41, 5.74) is 0.0663. The molecule has 1 aromatic rings. The molecule has 2 N–H and O–H groups in total. The third kappa shape index (κ3) is 4.95. The molecule has 1 unspecified atom stereocenters. The number of rotatable bonds is 4. The molecule has 0 fully saturated rings. The van der Waals surface area contributed by atoms with Crippen LogP contribution in [0.4, 0.5) is 8.78 Å². The van der Waals surface area contributed by atoms with E-state index in [4.69, 9.17) is 0 Å². The number of aliphatic hydroxyl groups excluding tert-OH is 1. The monoisotopic (exact) mass is 271 g/mol. The molecule has 0 spiro atoms. The summed E-state index contributed by atoms with van der Waals surface area (Å²) in [6.45, 7) is 5.71. The Hall–Kier alpha value is -1.49. The molecule has 1 atom stereocenters. The van der Waals surface area contributed by atoms with Crippen LogP contribution in [0.1, 0.15) is 26.3 Å². The summed E-state index contributed by atoms with van der Waals surface area (Å²) in [6, 6.07) is 3.34. The molecule has 0 aliphatic heterocycles. The zero-order valence-corrected chi connectivity index (χ0v) is 11.3. The van der Waals surface area contributed by atoms with E-state index in [-0.39, 0.29) is 24.3 Å². The van der Waals surface area contributed by atoms with Crippen molar-refractivity contribution in [1.82, 2.24) is 5.32 Å². The lowest BCUT2D eigenvalue weighted by atomic mass is 9.89. The van der Waals surface area contributed by atoms with E-state index < -0.39 is 17.7 Å². The maximum absolute atomic E-state index is 13.0. The van der Waals surface area contributed by atoms with Crippen LogP contribution >= 0.6 is 0 Å². The van der Waals surface area contributed by atoms with Gasteiger partial charge in [0.25, 0.3) is 0 Å². The van der Waals surface area contributed by atoms with Gasteiger partial charge in [0.1, 0.15) is 0 Å². The van der Waals surface area contributed by atoms with Crippen LogP contribution in [0.25, 0.3) is 0 Å². The number of amides is 1. The Morgan fingerprint density at radius 3 is 2.47 bits per heavy atom. The van der Waals surface area contributed by atoms with Crippen LogP contribution in [0.3, 0.4) is 0 Å². The summed E-state index contributed by atoms with van der Waals surface area (Å²) in [7, 11) is 0. The van der Waals surface area contributed by atoms with Crippen molar-refractivity contribution < 1.29 is 18.7 Å². The van der Waals surface area contributed by atoms with Crippen molar-refractivity contribution in [2.75, 3.05) is 6.54 Å². The fourth-order valence-electron chi connectivity index (χ4n) is 1.41. The fourth-order valence-corrected chi connectivity index (χ4v) is 1.41. The summed E-state index contributed by atoms with van der Waals surface area (Å²) >= 11 is 0. The first-order valence-corrected chi connectivity index (χ1v) is 6.09. The summed E-state index contributed by atoms with van der Waals surface area (Å²) < 4.78 is 25.7. The molecule has 0 heterocycles. The van der Waals surface area contributed by atoms with E-state index in [1.54, 1.807) is 0 Å². The second-order valence-corrected chi connectivity index (χ2v) is 5.61. The highest BCUT2D eigenvalue weighted by molar-refractivity contribution is 5.78. The number of carbonyl (C=O) groups excluding carboxylic acids is 1. The zero-order valence-electron chi connectivity index (χ0n) is 11.3. The van der Waals surface area contributed by atoms with Gasteiger partial charge in [0, 0.05) is 6.54 Å². The molecule has 1 amide bonds. The summed E-state index contributed by atoms with van der Waals surface area (Å²) in [6.07, 6.45) is -0.713. The van der Waals surface area contributed by atoms with E-state index in [0.717, 1.165) is 12.1 Å². The number of hydrogen-bond donors (Lipinski definition) is 2. The molecule has 19 heavy (non-hydrogen) atoms. The molecule has 106 valence electrons. The van der Waals surface area contributed by atoms with E-state index in [0.29, 0.717) is 5.56 Å². The molecule has 0 saturated carbocycles. The van der Waals surface area contributed by atoms with Crippen molar-refractivity contribution in [3.8, 4) is 0 Å². The van der Waals surface area contributed by atoms with Crippen LogP contribution in [-0.4, -0.2) is 23.7 Å². The first kappa shape index (κ1) is 15.6. The van der Waals surface area contributed by atoms with Gasteiger partial charge in [-0.3, -0.25) is 4.79 Å². The molecular weight excluding hydrogens is 252 g/mol. The van der Waals surface area contributed by atoms with Crippen molar-refractivity contribution in [2.45, 2.75) is 33.3 Å². The SMILES string of the molecule is CC(C)(C)C(O)CNC(=O)Cc1ccc(F)c(F)c1. The minimum atomic E-state index is -0.972. The minimum absolute atomic E-state index is 0.0476. The Bertz CT molecular complexity index is 455. The third-order valence-corrected chi connectivity index (χ3v) is 2.84. The Morgan fingerprint density at radius 1 is 1.32 bits per heavy atom. The first-order valence-electron chi connectivity index (χ1n) is 6.09. The molecule has 0 saturated heterocycles. The molecule has 1 aromatic carbocycles. The third-order valence-electron chi connectivity index (χ3n) is 2.84. The molecule has 0 aliphatic rings. The number of halogens is 2. The smallest absolute Gasteiger partial charge is 0.224 e. The Kier molecular flexibility index (Phi) is 5.00. The highest BCUT2D eigenvalue weighted by Crippen LogP contribution is 2.18. The van der Waals surface area contributed by atoms with Crippen LogP contribution < -0.4 is 5.32 Å². The molecule has 3 nitrogen and oxygen atoms in total. The van der Waals surface area contributed by atoms with Crippen molar-refractivity contribution >= 4 is 5.91 Å². The van der Waals surface area contributed by atoms with E-state index in [9.17, 15) is 18.7 Å². The van der Waals surface area contributed by atoms with Gasteiger partial charge in [0.15, 0.2) is 11.6 Å².